The van der Waals surface area contributed by atoms with Gasteiger partial charge in [-0.25, -0.2) is 0 Å². The van der Waals surface area contributed by atoms with E-state index in [9.17, 15) is 4.79 Å². The van der Waals surface area contributed by atoms with Crippen LogP contribution in [0.1, 0.15) is 19.4 Å². The molecule has 0 atom stereocenters. The summed E-state index contributed by atoms with van der Waals surface area (Å²) < 4.78 is 7.18. The lowest BCUT2D eigenvalue weighted by molar-refractivity contribution is -0.136. The Kier molecular flexibility index (Phi) is 5.46. The number of carbonyl (C=O) groups is 1. The fourth-order valence-corrected chi connectivity index (χ4v) is 2.79. The van der Waals surface area contributed by atoms with Crippen molar-refractivity contribution < 1.29 is 14.6 Å². The molecule has 0 bridgehead atoms. The molecule has 0 amide bonds. The maximum Gasteiger partial charge on any atom is 0.307 e. The predicted octanol–water partition coefficient (Wildman–Crippen LogP) is 3.87. The molecule has 0 aliphatic rings. The second-order valence-electron chi connectivity index (χ2n) is 4.16. The minimum atomic E-state index is -0.848. The number of hydrogen-bond donors (Lipinski definition) is 1. The largest absolute Gasteiger partial charge is 0.491 e. The quantitative estimate of drug-likeness (QED) is 0.861. The smallest absolute Gasteiger partial charge is 0.307 e. The summed E-state index contributed by atoms with van der Waals surface area (Å²) in [6, 6.07) is 3.54. The Morgan fingerprint density at radius 2 is 1.88 bits per heavy atom. The van der Waals surface area contributed by atoms with Crippen molar-refractivity contribution in [1.82, 2.24) is 0 Å². The average molecular weight is 366 g/mol. The fraction of sp³-hybridized carbons (Fsp3) is 0.417. The molecule has 5 heteroatoms. The van der Waals surface area contributed by atoms with Crippen LogP contribution in [0.15, 0.2) is 21.1 Å². The molecule has 1 aromatic rings. The Bertz CT molecular complexity index is 393. The monoisotopic (exact) mass is 364 g/mol. The van der Waals surface area contributed by atoms with Crippen LogP contribution in [0.3, 0.4) is 0 Å². The van der Waals surface area contributed by atoms with Crippen molar-refractivity contribution in [3.8, 4) is 5.75 Å². The van der Waals surface area contributed by atoms with E-state index < -0.39 is 5.97 Å². The van der Waals surface area contributed by atoms with Crippen molar-refractivity contribution in [2.45, 2.75) is 20.3 Å². The predicted molar refractivity (Wildman–Crippen MR) is 73.5 cm³/mol. The lowest BCUT2D eigenvalue weighted by Gasteiger charge is -2.13. The molecular weight excluding hydrogens is 352 g/mol. The highest BCUT2D eigenvalue weighted by atomic mass is 79.9. The third-order valence-corrected chi connectivity index (χ3v) is 3.15. The zero-order chi connectivity index (χ0) is 13.0. The standard InChI is InChI=1S/C12H14Br2O3/c1-7(2)6-17-12-9(13)3-8(4-10(12)14)5-11(15)16/h3-4,7H,5-6H2,1-2H3,(H,15,16). The van der Waals surface area contributed by atoms with Gasteiger partial charge in [-0.1, -0.05) is 13.8 Å². The molecule has 0 fully saturated rings. The number of halogens is 2. The van der Waals surface area contributed by atoms with Crippen LogP contribution in [-0.2, 0) is 11.2 Å². The van der Waals surface area contributed by atoms with Gasteiger partial charge in [-0.15, -0.1) is 0 Å². The molecule has 0 saturated carbocycles. The van der Waals surface area contributed by atoms with Gasteiger partial charge in [0.2, 0.25) is 0 Å². The van der Waals surface area contributed by atoms with Gasteiger partial charge in [0.25, 0.3) is 0 Å². The number of rotatable bonds is 5. The fourth-order valence-electron chi connectivity index (χ4n) is 1.28. The molecular formula is C12H14Br2O3. The maximum absolute atomic E-state index is 10.6. The number of hydrogen-bond acceptors (Lipinski definition) is 2. The van der Waals surface area contributed by atoms with E-state index in [1.54, 1.807) is 12.1 Å². The van der Waals surface area contributed by atoms with Crippen molar-refractivity contribution in [2.24, 2.45) is 5.92 Å². The zero-order valence-corrected chi connectivity index (χ0v) is 12.8. The van der Waals surface area contributed by atoms with Gasteiger partial charge in [-0.2, -0.15) is 0 Å². The van der Waals surface area contributed by atoms with E-state index in [2.05, 4.69) is 45.7 Å². The molecule has 0 unspecified atom stereocenters. The average Bonchev–Trinajstić information content (AvgIpc) is 2.14. The van der Waals surface area contributed by atoms with E-state index in [0.29, 0.717) is 18.3 Å². The molecule has 1 rings (SSSR count). The second-order valence-corrected chi connectivity index (χ2v) is 5.87. The van der Waals surface area contributed by atoms with Gasteiger partial charge < -0.3 is 9.84 Å². The summed E-state index contributed by atoms with van der Waals surface area (Å²) in [5.41, 5.74) is 0.730. The SMILES string of the molecule is CC(C)COc1c(Br)cc(CC(=O)O)cc1Br. The molecule has 94 valence electrons. The molecule has 1 N–H and O–H groups in total. The minimum Gasteiger partial charge on any atom is -0.491 e. The molecule has 1 aromatic carbocycles. The summed E-state index contributed by atoms with van der Waals surface area (Å²) >= 11 is 6.78. The third kappa shape index (κ3) is 4.68. The Hall–Kier alpha value is -0.550. The van der Waals surface area contributed by atoms with Crippen molar-refractivity contribution in [1.29, 1.82) is 0 Å². The highest BCUT2D eigenvalue weighted by Gasteiger charge is 2.11. The van der Waals surface area contributed by atoms with Crippen LogP contribution in [0.2, 0.25) is 0 Å². The molecule has 0 heterocycles. The van der Waals surface area contributed by atoms with E-state index in [0.717, 1.165) is 14.5 Å². The third-order valence-electron chi connectivity index (χ3n) is 1.97. The van der Waals surface area contributed by atoms with Crippen molar-refractivity contribution in [3.63, 3.8) is 0 Å². The van der Waals surface area contributed by atoms with Crippen LogP contribution in [0.25, 0.3) is 0 Å². The highest BCUT2D eigenvalue weighted by Crippen LogP contribution is 2.35. The Morgan fingerprint density at radius 3 is 2.29 bits per heavy atom. The summed E-state index contributed by atoms with van der Waals surface area (Å²) in [4.78, 5) is 10.6. The van der Waals surface area contributed by atoms with E-state index in [-0.39, 0.29) is 6.42 Å². The van der Waals surface area contributed by atoms with Crippen molar-refractivity contribution in [2.75, 3.05) is 6.61 Å². The summed E-state index contributed by atoms with van der Waals surface area (Å²) in [6.07, 6.45) is 0.00165. The summed E-state index contributed by atoms with van der Waals surface area (Å²) in [6.45, 7) is 4.76. The first-order chi connectivity index (χ1) is 7.90. The Labute approximate surface area is 117 Å². The van der Waals surface area contributed by atoms with Crippen LogP contribution in [0, 0.1) is 5.92 Å². The molecule has 3 nitrogen and oxygen atoms in total. The normalized spacial score (nSPS) is 10.6. The van der Waals surface area contributed by atoms with Crippen LogP contribution in [0.5, 0.6) is 5.75 Å². The summed E-state index contributed by atoms with van der Waals surface area (Å²) in [5.74, 6) is 0.306. The molecule has 0 radical (unpaired) electrons. The van der Waals surface area contributed by atoms with Gasteiger partial charge in [0.1, 0.15) is 5.75 Å². The van der Waals surface area contributed by atoms with E-state index in [4.69, 9.17) is 9.84 Å². The van der Waals surface area contributed by atoms with Crippen molar-refractivity contribution >= 4 is 37.8 Å². The van der Waals surface area contributed by atoms with Crippen molar-refractivity contribution in [3.05, 3.63) is 26.6 Å². The Morgan fingerprint density at radius 1 is 1.35 bits per heavy atom. The van der Waals surface area contributed by atoms with E-state index in [1.807, 2.05) is 0 Å². The maximum atomic E-state index is 10.6. The number of aliphatic carboxylic acids is 1. The van der Waals surface area contributed by atoms with Crippen LogP contribution in [0.4, 0.5) is 0 Å². The lowest BCUT2D eigenvalue weighted by Crippen LogP contribution is -2.06. The summed E-state index contributed by atoms with van der Waals surface area (Å²) in [5, 5.41) is 8.73. The first-order valence-corrected chi connectivity index (χ1v) is 6.81. The topological polar surface area (TPSA) is 46.5 Å². The minimum absolute atomic E-state index is 0.00165. The van der Waals surface area contributed by atoms with Gasteiger partial charge in [0, 0.05) is 0 Å². The van der Waals surface area contributed by atoms with Gasteiger partial charge in [-0.05, 0) is 55.5 Å². The first-order valence-electron chi connectivity index (χ1n) is 5.22. The second kappa shape index (κ2) is 6.40. The lowest BCUT2D eigenvalue weighted by atomic mass is 10.1. The number of carboxylic acid groups (broad SMARTS) is 1. The summed E-state index contributed by atoms with van der Waals surface area (Å²) in [7, 11) is 0. The van der Waals surface area contributed by atoms with Crippen LogP contribution >= 0.6 is 31.9 Å². The molecule has 0 spiro atoms. The molecule has 0 saturated heterocycles. The molecule has 0 aliphatic heterocycles. The van der Waals surface area contributed by atoms with Gasteiger partial charge in [-0.3, -0.25) is 4.79 Å². The van der Waals surface area contributed by atoms with Gasteiger partial charge >= 0.3 is 5.97 Å². The van der Waals surface area contributed by atoms with E-state index >= 15 is 0 Å². The van der Waals surface area contributed by atoms with Gasteiger partial charge in [0.15, 0.2) is 0 Å². The molecule has 17 heavy (non-hydrogen) atoms. The zero-order valence-electron chi connectivity index (χ0n) is 9.67. The number of carboxylic acids is 1. The van der Waals surface area contributed by atoms with Crippen LogP contribution in [-0.4, -0.2) is 17.7 Å². The number of benzene rings is 1. The molecule has 0 aromatic heterocycles. The first kappa shape index (κ1) is 14.5. The number of ether oxygens (including phenoxy) is 1. The van der Waals surface area contributed by atoms with Gasteiger partial charge in [0.05, 0.1) is 22.0 Å². The Balaban J connectivity index is 2.90. The molecule has 0 aliphatic carbocycles. The highest BCUT2D eigenvalue weighted by molar-refractivity contribution is 9.11. The van der Waals surface area contributed by atoms with Crippen LogP contribution < -0.4 is 4.74 Å². The van der Waals surface area contributed by atoms with E-state index in [1.165, 1.54) is 0 Å².